The van der Waals surface area contributed by atoms with Crippen LogP contribution in [0.2, 0.25) is 0 Å². The standard InChI is InChI=1S/C11H11FN4O/c1-15(2)11(17)10-7-16(14-13-10)9-5-3-8(12)4-6-9/h3-7H,1-2H3. The molecule has 0 fully saturated rings. The Balaban J connectivity index is 2.30. The van der Waals surface area contributed by atoms with Gasteiger partial charge in [0.05, 0.1) is 11.9 Å². The Kier molecular flexibility index (Phi) is 2.86. The lowest BCUT2D eigenvalue weighted by Crippen LogP contribution is -2.21. The molecule has 1 amide bonds. The molecule has 88 valence electrons. The second-order valence-electron chi connectivity index (χ2n) is 3.72. The summed E-state index contributed by atoms with van der Waals surface area (Å²) in [6.45, 7) is 0. The van der Waals surface area contributed by atoms with Gasteiger partial charge in [0.1, 0.15) is 5.82 Å². The summed E-state index contributed by atoms with van der Waals surface area (Å²) in [5, 5.41) is 7.58. The van der Waals surface area contributed by atoms with E-state index in [1.54, 1.807) is 26.2 Å². The zero-order chi connectivity index (χ0) is 12.4. The smallest absolute Gasteiger partial charge is 0.275 e. The fourth-order valence-electron chi connectivity index (χ4n) is 1.31. The van der Waals surface area contributed by atoms with Crippen molar-refractivity contribution in [3.8, 4) is 5.69 Å². The molecule has 0 radical (unpaired) electrons. The van der Waals surface area contributed by atoms with Crippen molar-refractivity contribution in [2.45, 2.75) is 0 Å². The Hall–Kier alpha value is -2.24. The predicted molar refractivity (Wildman–Crippen MR) is 59.3 cm³/mol. The van der Waals surface area contributed by atoms with Crippen LogP contribution in [0, 0.1) is 5.82 Å². The number of hydrogen-bond donors (Lipinski definition) is 0. The summed E-state index contributed by atoms with van der Waals surface area (Å²) in [7, 11) is 3.28. The summed E-state index contributed by atoms with van der Waals surface area (Å²) in [6, 6.07) is 5.77. The summed E-state index contributed by atoms with van der Waals surface area (Å²) in [6.07, 6.45) is 1.51. The lowest BCUT2D eigenvalue weighted by Gasteiger charge is -2.05. The zero-order valence-electron chi connectivity index (χ0n) is 9.46. The molecule has 0 saturated heterocycles. The summed E-state index contributed by atoms with van der Waals surface area (Å²) in [5.41, 5.74) is 0.899. The van der Waals surface area contributed by atoms with Crippen LogP contribution >= 0.6 is 0 Å². The van der Waals surface area contributed by atoms with Gasteiger partial charge in [-0.3, -0.25) is 4.79 Å². The van der Waals surface area contributed by atoms with Gasteiger partial charge in [-0.1, -0.05) is 5.21 Å². The van der Waals surface area contributed by atoms with Gasteiger partial charge in [0, 0.05) is 14.1 Å². The molecule has 5 nitrogen and oxygen atoms in total. The van der Waals surface area contributed by atoms with Crippen LogP contribution in [-0.2, 0) is 0 Å². The molecule has 0 atom stereocenters. The third kappa shape index (κ3) is 2.30. The maximum atomic E-state index is 12.7. The summed E-state index contributed by atoms with van der Waals surface area (Å²) in [5.74, 6) is -0.545. The first-order chi connectivity index (χ1) is 8.08. The highest BCUT2D eigenvalue weighted by Gasteiger charge is 2.12. The number of benzene rings is 1. The van der Waals surface area contributed by atoms with Crippen molar-refractivity contribution in [2.75, 3.05) is 14.1 Å². The Morgan fingerprint density at radius 1 is 1.29 bits per heavy atom. The molecular formula is C11H11FN4O. The van der Waals surface area contributed by atoms with Crippen molar-refractivity contribution < 1.29 is 9.18 Å². The minimum Gasteiger partial charge on any atom is -0.343 e. The number of hydrogen-bond acceptors (Lipinski definition) is 3. The van der Waals surface area contributed by atoms with Gasteiger partial charge in [-0.25, -0.2) is 9.07 Å². The van der Waals surface area contributed by atoms with Gasteiger partial charge in [0.15, 0.2) is 5.69 Å². The molecule has 0 unspecified atom stereocenters. The molecule has 0 bridgehead atoms. The van der Waals surface area contributed by atoms with Crippen LogP contribution in [0.5, 0.6) is 0 Å². The van der Waals surface area contributed by atoms with Gasteiger partial charge in [-0.05, 0) is 24.3 Å². The maximum Gasteiger partial charge on any atom is 0.275 e. The molecule has 6 heteroatoms. The third-order valence-electron chi connectivity index (χ3n) is 2.21. The minimum atomic E-state index is -0.321. The highest BCUT2D eigenvalue weighted by molar-refractivity contribution is 5.91. The summed E-state index contributed by atoms with van der Waals surface area (Å²) >= 11 is 0. The molecule has 2 rings (SSSR count). The van der Waals surface area contributed by atoms with Gasteiger partial charge in [-0.2, -0.15) is 0 Å². The van der Waals surface area contributed by atoms with E-state index < -0.39 is 0 Å². The van der Waals surface area contributed by atoms with E-state index in [2.05, 4.69) is 10.3 Å². The molecule has 0 spiro atoms. The SMILES string of the molecule is CN(C)C(=O)c1cn(-c2ccc(F)cc2)nn1. The second kappa shape index (κ2) is 4.32. The molecule has 1 heterocycles. The highest BCUT2D eigenvalue weighted by atomic mass is 19.1. The third-order valence-corrected chi connectivity index (χ3v) is 2.21. The molecule has 0 aliphatic rings. The number of carbonyl (C=O) groups is 1. The first kappa shape index (κ1) is 11.3. The molecule has 1 aromatic carbocycles. The van der Waals surface area contributed by atoms with Crippen molar-refractivity contribution >= 4 is 5.91 Å². The zero-order valence-corrected chi connectivity index (χ0v) is 9.46. The monoisotopic (exact) mass is 234 g/mol. The van der Waals surface area contributed by atoms with E-state index in [0.29, 0.717) is 5.69 Å². The number of carbonyl (C=O) groups excluding carboxylic acids is 1. The van der Waals surface area contributed by atoms with Crippen LogP contribution in [0.4, 0.5) is 4.39 Å². The summed E-state index contributed by atoms with van der Waals surface area (Å²) < 4.78 is 14.2. The predicted octanol–water partition coefficient (Wildman–Crippen LogP) is 1.11. The van der Waals surface area contributed by atoms with Crippen LogP contribution in [0.15, 0.2) is 30.5 Å². The highest BCUT2D eigenvalue weighted by Crippen LogP contribution is 2.08. The molecule has 0 aliphatic carbocycles. The van der Waals surface area contributed by atoms with Crippen LogP contribution in [0.3, 0.4) is 0 Å². The molecule has 0 aliphatic heterocycles. The molecule has 1 aromatic heterocycles. The van der Waals surface area contributed by atoms with Gasteiger partial charge in [0.25, 0.3) is 5.91 Å². The fraction of sp³-hybridized carbons (Fsp3) is 0.182. The Bertz CT molecular complexity index is 533. The number of nitrogens with zero attached hydrogens (tertiary/aromatic N) is 4. The van der Waals surface area contributed by atoms with Gasteiger partial charge in [0.2, 0.25) is 0 Å². The number of halogens is 1. The van der Waals surface area contributed by atoms with Gasteiger partial charge in [-0.15, -0.1) is 5.10 Å². The fourth-order valence-corrected chi connectivity index (χ4v) is 1.31. The average Bonchev–Trinajstić information content (AvgIpc) is 2.78. The van der Waals surface area contributed by atoms with E-state index in [1.165, 1.54) is 27.9 Å². The van der Waals surface area contributed by atoms with Crippen LogP contribution < -0.4 is 0 Å². The van der Waals surface area contributed by atoms with Crippen molar-refractivity contribution in [3.63, 3.8) is 0 Å². The number of aromatic nitrogens is 3. The normalized spacial score (nSPS) is 10.3. The number of rotatable bonds is 2. The lowest BCUT2D eigenvalue weighted by atomic mass is 10.3. The van der Waals surface area contributed by atoms with E-state index in [9.17, 15) is 9.18 Å². The first-order valence-corrected chi connectivity index (χ1v) is 4.98. The largest absolute Gasteiger partial charge is 0.343 e. The van der Waals surface area contributed by atoms with Gasteiger partial charge >= 0.3 is 0 Å². The Morgan fingerprint density at radius 3 is 2.53 bits per heavy atom. The van der Waals surface area contributed by atoms with Crippen LogP contribution in [0.1, 0.15) is 10.5 Å². The minimum absolute atomic E-state index is 0.224. The van der Waals surface area contributed by atoms with E-state index in [0.717, 1.165) is 0 Å². The quantitative estimate of drug-likeness (QED) is 0.782. The maximum absolute atomic E-state index is 12.7. The van der Waals surface area contributed by atoms with Crippen molar-refractivity contribution in [1.82, 2.24) is 19.9 Å². The topological polar surface area (TPSA) is 51.0 Å². The molecule has 2 aromatic rings. The van der Waals surface area contributed by atoms with Crippen LogP contribution in [0.25, 0.3) is 5.69 Å². The van der Waals surface area contributed by atoms with E-state index in [4.69, 9.17) is 0 Å². The van der Waals surface area contributed by atoms with E-state index in [1.807, 2.05) is 0 Å². The Labute approximate surface area is 97.5 Å². The van der Waals surface area contributed by atoms with E-state index in [-0.39, 0.29) is 17.4 Å². The molecule has 0 saturated carbocycles. The van der Waals surface area contributed by atoms with Crippen molar-refractivity contribution in [2.24, 2.45) is 0 Å². The molecular weight excluding hydrogens is 223 g/mol. The second-order valence-corrected chi connectivity index (χ2v) is 3.72. The summed E-state index contributed by atoms with van der Waals surface area (Å²) in [4.78, 5) is 13.0. The molecule has 17 heavy (non-hydrogen) atoms. The average molecular weight is 234 g/mol. The lowest BCUT2D eigenvalue weighted by molar-refractivity contribution is 0.0822. The van der Waals surface area contributed by atoms with Crippen molar-refractivity contribution in [1.29, 1.82) is 0 Å². The van der Waals surface area contributed by atoms with Crippen molar-refractivity contribution in [3.05, 3.63) is 42.0 Å². The molecule has 0 N–H and O–H groups in total. The van der Waals surface area contributed by atoms with Gasteiger partial charge < -0.3 is 4.90 Å². The number of amides is 1. The van der Waals surface area contributed by atoms with Crippen LogP contribution in [-0.4, -0.2) is 39.9 Å². The first-order valence-electron chi connectivity index (χ1n) is 4.98. The van der Waals surface area contributed by atoms with E-state index >= 15 is 0 Å². The Morgan fingerprint density at radius 2 is 1.94 bits per heavy atom.